The van der Waals surface area contributed by atoms with Gasteiger partial charge in [-0.15, -0.1) is 22.7 Å². The number of phenols is 2. The maximum atomic E-state index is 13.9. The maximum absolute atomic E-state index is 13.9. The van der Waals surface area contributed by atoms with Crippen LogP contribution in [0.1, 0.15) is 54.4 Å². The number of likely N-dealkylation sites (tertiary alicyclic amines) is 1. The Morgan fingerprint density at radius 3 is 2.01 bits per heavy atom. The van der Waals surface area contributed by atoms with E-state index >= 15 is 0 Å². The topological polar surface area (TPSA) is 215 Å². The molecule has 3 amide bonds. The van der Waals surface area contributed by atoms with Crippen LogP contribution in [0.15, 0.2) is 96.5 Å². The summed E-state index contributed by atoms with van der Waals surface area (Å²) in [6.45, 7) is 9.63. The molecule has 2 unspecified atom stereocenters. The number of β-amino-alcohol motifs (C(OH)–C–C–N with tert-alkyl or cyclic N) is 1. The number of thiazole rings is 1. The quantitative estimate of drug-likeness (QED) is 0.0309. The summed E-state index contributed by atoms with van der Waals surface area (Å²) in [5, 5.41) is 36.8. The Kier molecular flexibility index (Phi) is 18.3. The van der Waals surface area contributed by atoms with Crippen molar-refractivity contribution in [3.63, 3.8) is 0 Å². The number of hydrogen-bond donors (Lipinski definition) is 5. The van der Waals surface area contributed by atoms with Crippen molar-refractivity contribution in [2.75, 3.05) is 66.0 Å². The third kappa shape index (κ3) is 14.2. The van der Waals surface area contributed by atoms with Gasteiger partial charge in [-0.25, -0.2) is 4.98 Å². The molecule has 71 heavy (non-hydrogen) atoms. The molecule has 0 spiro atoms. The van der Waals surface area contributed by atoms with Gasteiger partial charge in [-0.1, -0.05) is 45.0 Å². The van der Waals surface area contributed by atoms with Gasteiger partial charge in [0.25, 0.3) is 0 Å². The molecule has 0 saturated carbocycles. The minimum absolute atomic E-state index is 0.0264. The van der Waals surface area contributed by atoms with Crippen molar-refractivity contribution in [1.29, 1.82) is 0 Å². The Bertz CT molecular complexity index is 2740. The van der Waals surface area contributed by atoms with E-state index in [1.54, 1.807) is 83.6 Å². The van der Waals surface area contributed by atoms with Crippen LogP contribution in [0.5, 0.6) is 17.2 Å². The molecule has 3 atom stereocenters. The number of carbonyl (C=O) groups excluding carboxylic acids is 4. The number of nitrogens with zero attached hydrogens (tertiary/aromatic N) is 2. The fourth-order valence-electron chi connectivity index (χ4n) is 8.00. The highest BCUT2D eigenvalue weighted by molar-refractivity contribution is 7.22. The van der Waals surface area contributed by atoms with E-state index in [0.717, 1.165) is 42.2 Å². The molecule has 0 radical (unpaired) electrons. The highest BCUT2D eigenvalue weighted by Crippen LogP contribution is 2.41. The summed E-state index contributed by atoms with van der Waals surface area (Å²) in [7, 11) is 0. The van der Waals surface area contributed by atoms with Gasteiger partial charge >= 0.3 is 0 Å². The van der Waals surface area contributed by atoms with Crippen LogP contribution in [0, 0.1) is 12.3 Å². The number of aromatic nitrogens is 1. The number of aryl methyl sites for hydroxylation is 1. The number of aliphatic hydroxyl groups is 1. The summed E-state index contributed by atoms with van der Waals surface area (Å²) in [6.07, 6.45) is -0.793. The molecule has 16 nitrogen and oxygen atoms in total. The van der Waals surface area contributed by atoms with E-state index in [-0.39, 0.29) is 62.5 Å². The summed E-state index contributed by atoms with van der Waals surface area (Å²) >= 11 is 2.97. The van der Waals surface area contributed by atoms with Gasteiger partial charge in [-0.3, -0.25) is 19.2 Å². The average Bonchev–Trinajstić information content (AvgIpc) is 4.08. The van der Waals surface area contributed by atoms with Crippen molar-refractivity contribution in [1.82, 2.24) is 20.5 Å². The van der Waals surface area contributed by atoms with Crippen LogP contribution in [0.2, 0.25) is 0 Å². The Balaban J connectivity index is 0.739. The zero-order chi connectivity index (χ0) is 50.5. The van der Waals surface area contributed by atoms with Gasteiger partial charge in [0.2, 0.25) is 17.7 Å². The van der Waals surface area contributed by atoms with E-state index in [4.69, 9.17) is 23.7 Å². The number of hydrogen-bond acceptors (Lipinski definition) is 15. The summed E-state index contributed by atoms with van der Waals surface area (Å²) in [5.41, 5.74) is 5.78. The zero-order valence-corrected chi connectivity index (χ0v) is 41.8. The molecule has 1 aliphatic heterocycles. The van der Waals surface area contributed by atoms with Crippen LogP contribution in [-0.4, -0.2) is 133 Å². The molecule has 1 saturated heterocycles. The number of thiophene rings is 1. The summed E-state index contributed by atoms with van der Waals surface area (Å²) in [4.78, 5) is 61.7. The Labute approximate surface area is 420 Å². The molecule has 3 heterocycles. The Hall–Kier alpha value is -6.25. The van der Waals surface area contributed by atoms with E-state index < -0.39 is 35.4 Å². The summed E-state index contributed by atoms with van der Waals surface area (Å²) < 4.78 is 28.9. The van der Waals surface area contributed by atoms with Crippen molar-refractivity contribution < 1.29 is 58.2 Å². The zero-order valence-electron chi connectivity index (χ0n) is 40.2. The van der Waals surface area contributed by atoms with Gasteiger partial charge in [0.15, 0.2) is 5.78 Å². The second-order valence-electron chi connectivity index (χ2n) is 18.1. The molecule has 18 heteroatoms. The smallest absolute Gasteiger partial charge is 0.246 e. The molecule has 1 aliphatic rings. The number of ketones is 1. The molecule has 376 valence electrons. The minimum Gasteiger partial charge on any atom is -0.508 e. The third-order valence-corrected chi connectivity index (χ3v) is 13.9. The average molecular weight is 1010 g/mol. The number of rotatable bonds is 24. The fourth-order valence-corrected chi connectivity index (χ4v) is 10.0. The molecular weight excluding hydrogens is 949 g/mol. The molecule has 6 aromatic rings. The molecule has 1 fully saturated rings. The number of nitrogens with one attached hydrogen (secondary N) is 2. The van der Waals surface area contributed by atoms with Crippen LogP contribution in [0.3, 0.4) is 0 Å². The molecule has 2 aromatic heterocycles. The van der Waals surface area contributed by atoms with Crippen molar-refractivity contribution >= 4 is 56.3 Å². The van der Waals surface area contributed by atoms with E-state index in [2.05, 4.69) is 15.6 Å². The van der Waals surface area contributed by atoms with Crippen molar-refractivity contribution in [2.24, 2.45) is 5.41 Å². The molecule has 0 aliphatic carbocycles. The van der Waals surface area contributed by atoms with E-state index in [1.165, 1.54) is 16.2 Å². The highest BCUT2D eigenvalue weighted by atomic mass is 32.1. The van der Waals surface area contributed by atoms with Gasteiger partial charge in [0.05, 0.1) is 68.4 Å². The largest absolute Gasteiger partial charge is 0.508 e. The minimum atomic E-state index is -0.977. The van der Waals surface area contributed by atoms with Crippen LogP contribution >= 0.6 is 22.7 Å². The number of phenolic OH excluding ortho intramolecular Hbond substituents is 2. The normalized spacial score (nSPS) is 15.2. The lowest BCUT2D eigenvalue weighted by Crippen LogP contribution is -2.58. The van der Waals surface area contributed by atoms with E-state index in [9.17, 15) is 34.5 Å². The number of benzene rings is 4. The third-order valence-electron chi connectivity index (χ3n) is 11.7. The second kappa shape index (κ2) is 24.7. The van der Waals surface area contributed by atoms with E-state index in [1.807, 2.05) is 52.0 Å². The summed E-state index contributed by atoms with van der Waals surface area (Å²) in [6, 6.07) is 24.5. The van der Waals surface area contributed by atoms with Crippen LogP contribution in [0.4, 0.5) is 0 Å². The van der Waals surface area contributed by atoms with Crippen molar-refractivity contribution in [2.45, 2.75) is 58.8 Å². The van der Waals surface area contributed by atoms with Crippen LogP contribution in [-0.2, 0) is 39.9 Å². The van der Waals surface area contributed by atoms with Crippen molar-refractivity contribution in [3.05, 3.63) is 119 Å². The molecular formula is C53H60N4O12S2. The number of aromatic hydroxyl groups is 2. The number of amides is 3. The van der Waals surface area contributed by atoms with Gasteiger partial charge in [-0.05, 0) is 95.8 Å². The van der Waals surface area contributed by atoms with Gasteiger partial charge in [-0.2, -0.15) is 0 Å². The monoisotopic (exact) mass is 1010 g/mol. The summed E-state index contributed by atoms with van der Waals surface area (Å²) in [5.74, 6) is -0.680. The SMILES string of the molecule is Cc1ncsc1-c1ccc(CNC(=O)C2CC(O)CN2C(=O)[C@@H](NC(=O)COCCOCCOCCOCCOc2ccc(C(=O)c3c(-c4ccc(O)cc4)sc4cc(O)ccc34)cc2)C(C)(C)C)cc1. The lowest BCUT2D eigenvalue weighted by molar-refractivity contribution is -0.144. The van der Waals surface area contributed by atoms with Gasteiger partial charge in [0, 0.05) is 45.6 Å². The predicted molar refractivity (Wildman–Crippen MR) is 271 cm³/mol. The Morgan fingerprint density at radius 2 is 1.38 bits per heavy atom. The van der Waals surface area contributed by atoms with Gasteiger partial charge < -0.3 is 54.5 Å². The molecule has 5 N–H and O–H groups in total. The van der Waals surface area contributed by atoms with Crippen molar-refractivity contribution in [3.8, 4) is 38.1 Å². The molecule has 7 rings (SSSR count). The maximum Gasteiger partial charge on any atom is 0.246 e. The van der Waals surface area contributed by atoms with Crippen LogP contribution in [0.25, 0.3) is 31.0 Å². The number of ether oxygens (including phenoxy) is 5. The number of fused-ring (bicyclic) bond motifs is 1. The first-order chi connectivity index (χ1) is 34.2. The highest BCUT2D eigenvalue weighted by Gasteiger charge is 2.44. The first-order valence-corrected chi connectivity index (χ1v) is 25.0. The molecule has 4 aromatic carbocycles. The van der Waals surface area contributed by atoms with E-state index in [0.29, 0.717) is 56.5 Å². The first-order valence-electron chi connectivity index (χ1n) is 23.3. The molecule has 0 bridgehead atoms. The second-order valence-corrected chi connectivity index (χ2v) is 20.0. The van der Waals surface area contributed by atoms with Gasteiger partial charge in [0.1, 0.15) is 42.5 Å². The lowest BCUT2D eigenvalue weighted by Gasteiger charge is -2.35. The first kappa shape index (κ1) is 52.6. The van der Waals surface area contributed by atoms with Crippen LogP contribution < -0.4 is 15.4 Å². The standard InChI is InChI=1S/C53H60N4O12S2/c1-33-48(70-32-55-33)36-7-5-34(6-8-36)29-54-51(63)43-27-40(60)30-57(43)52(64)50(53(2,3)4)56-45(61)31-68-24-23-66-20-19-65-21-22-67-25-26-69-41-16-11-35(12-17-41)47(62)46-42-18-15-39(59)28-44(42)71-49(46)37-9-13-38(58)14-10-37/h5-18,28,32,40,43,50,58-60H,19-27,29-31H2,1-4H3,(H,54,63)(H,56,61)/t40?,43?,50-/m1/s1. The number of aliphatic hydroxyl groups excluding tert-OH is 1. The Morgan fingerprint density at radius 1 is 0.775 bits per heavy atom. The number of carbonyl (C=O) groups is 4. The fraction of sp³-hybridized carbons (Fsp3) is 0.377. The lowest BCUT2D eigenvalue weighted by atomic mass is 9.85. The predicted octanol–water partition coefficient (Wildman–Crippen LogP) is 6.90.